The number of anilines is 3. The number of hydrogen-bond donors (Lipinski definition) is 1. The highest BCUT2D eigenvalue weighted by atomic mass is 32.1. The van der Waals surface area contributed by atoms with Crippen LogP contribution in [-0.2, 0) is 11.8 Å². The van der Waals surface area contributed by atoms with Gasteiger partial charge in [-0.1, -0.05) is 6.58 Å². The molecule has 140 valence electrons. The maximum Gasteiger partial charge on any atom is 0.246 e. The molecule has 9 heteroatoms. The third kappa shape index (κ3) is 3.37. The second kappa shape index (κ2) is 6.99. The molecule has 3 aromatic heterocycles. The van der Waals surface area contributed by atoms with Crippen molar-refractivity contribution in [2.45, 2.75) is 12.5 Å². The Bertz CT molecular complexity index is 995. The molecule has 0 unspecified atom stereocenters. The van der Waals surface area contributed by atoms with E-state index < -0.39 is 0 Å². The van der Waals surface area contributed by atoms with E-state index in [4.69, 9.17) is 4.98 Å². The predicted molar refractivity (Wildman–Crippen MR) is 107 cm³/mol. The van der Waals surface area contributed by atoms with Crippen LogP contribution in [0.3, 0.4) is 0 Å². The highest BCUT2D eigenvalue weighted by molar-refractivity contribution is 7.17. The lowest BCUT2D eigenvalue weighted by Crippen LogP contribution is -2.36. The van der Waals surface area contributed by atoms with Crippen LogP contribution in [-0.4, -0.2) is 56.7 Å². The van der Waals surface area contributed by atoms with Crippen LogP contribution in [0.1, 0.15) is 6.42 Å². The summed E-state index contributed by atoms with van der Waals surface area (Å²) >= 11 is 1.62. The molecule has 1 fully saturated rings. The van der Waals surface area contributed by atoms with E-state index in [-0.39, 0.29) is 11.9 Å². The predicted octanol–water partition coefficient (Wildman–Crippen LogP) is 2.39. The lowest BCUT2D eigenvalue weighted by atomic mass is 10.2. The topological polar surface area (TPSA) is 79.2 Å². The number of hydrogen-bond acceptors (Lipinski definition) is 7. The molecule has 27 heavy (non-hydrogen) atoms. The first-order valence-electron chi connectivity index (χ1n) is 8.70. The molecule has 0 radical (unpaired) electrons. The van der Waals surface area contributed by atoms with Crippen molar-refractivity contribution in [3.63, 3.8) is 0 Å². The Morgan fingerprint density at radius 3 is 3.07 bits per heavy atom. The number of aromatic nitrogens is 4. The smallest absolute Gasteiger partial charge is 0.246 e. The number of carbonyl (C=O) groups excluding carboxylic acids is 1. The molecule has 4 rings (SSSR count). The molecular formula is C18H21N7OS. The first-order valence-corrected chi connectivity index (χ1v) is 9.58. The van der Waals surface area contributed by atoms with Gasteiger partial charge in [-0.25, -0.2) is 4.98 Å². The van der Waals surface area contributed by atoms with E-state index in [1.807, 2.05) is 36.6 Å². The maximum atomic E-state index is 11.9. The molecule has 4 heterocycles. The molecule has 1 atom stereocenters. The third-order valence-corrected chi connectivity index (χ3v) is 5.68. The Balaban J connectivity index is 1.63. The van der Waals surface area contributed by atoms with Gasteiger partial charge in [-0.15, -0.1) is 11.3 Å². The number of amides is 1. The quantitative estimate of drug-likeness (QED) is 0.682. The third-order valence-electron chi connectivity index (χ3n) is 4.78. The Morgan fingerprint density at radius 1 is 1.48 bits per heavy atom. The minimum Gasteiger partial charge on any atom is -0.353 e. The van der Waals surface area contributed by atoms with E-state index in [2.05, 4.69) is 26.9 Å². The van der Waals surface area contributed by atoms with Crippen molar-refractivity contribution in [2.24, 2.45) is 7.05 Å². The van der Waals surface area contributed by atoms with Gasteiger partial charge in [0.05, 0.1) is 22.1 Å². The van der Waals surface area contributed by atoms with Crippen LogP contribution in [0.2, 0.25) is 0 Å². The van der Waals surface area contributed by atoms with Crippen LogP contribution in [0.4, 0.5) is 17.5 Å². The number of likely N-dealkylation sites (N-methyl/N-ethyl adjacent to an activating group) is 1. The van der Waals surface area contributed by atoms with Crippen LogP contribution < -0.4 is 10.2 Å². The number of carbonyl (C=O) groups is 1. The molecule has 0 aromatic carbocycles. The number of nitrogens with one attached hydrogen (secondary N) is 1. The lowest BCUT2D eigenvalue weighted by Gasteiger charge is -2.26. The van der Waals surface area contributed by atoms with Gasteiger partial charge < -0.3 is 15.1 Å². The monoisotopic (exact) mass is 383 g/mol. The van der Waals surface area contributed by atoms with Gasteiger partial charge in [0, 0.05) is 39.4 Å². The summed E-state index contributed by atoms with van der Waals surface area (Å²) in [4.78, 5) is 25.3. The van der Waals surface area contributed by atoms with Gasteiger partial charge in [-0.2, -0.15) is 10.1 Å². The minimum atomic E-state index is -0.0196. The SMILES string of the molecule is C=CC(=O)N1CC[C@@H](N(C)c2nc(Nc3cnn(C)c3)nc3ccsc23)C1. The van der Waals surface area contributed by atoms with E-state index >= 15 is 0 Å². The number of fused-ring (bicyclic) bond motifs is 1. The average Bonchev–Trinajstić information content (AvgIpc) is 3.40. The second-order valence-corrected chi connectivity index (χ2v) is 7.49. The van der Waals surface area contributed by atoms with Crippen LogP contribution in [0.25, 0.3) is 10.2 Å². The molecule has 1 saturated heterocycles. The molecule has 1 amide bonds. The van der Waals surface area contributed by atoms with Crippen LogP contribution in [0.15, 0.2) is 36.5 Å². The van der Waals surface area contributed by atoms with E-state index in [0.717, 1.165) is 34.7 Å². The van der Waals surface area contributed by atoms with Gasteiger partial charge in [-0.05, 0) is 23.9 Å². The van der Waals surface area contributed by atoms with E-state index in [0.29, 0.717) is 12.5 Å². The van der Waals surface area contributed by atoms with Gasteiger partial charge in [0.15, 0.2) is 5.82 Å². The summed E-state index contributed by atoms with van der Waals surface area (Å²) < 4.78 is 2.77. The molecule has 0 spiro atoms. The number of aryl methyl sites for hydroxylation is 1. The number of thiophene rings is 1. The summed E-state index contributed by atoms with van der Waals surface area (Å²) in [7, 11) is 3.89. The summed E-state index contributed by atoms with van der Waals surface area (Å²) in [5, 5.41) is 9.41. The second-order valence-electron chi connectivity index (χ2n) is 6.58. The normalized spacial score (nSPS) is 16.7. The van der Waals surface area contributed by atoms with E-state index in [9.17, 15) is 4.79 Å². The molecule has 1 aliphatic heterocycles. The van der Waals surface area contributed by atoms with Crippen molar-refractivity contribution in [2.75, 3.05) is 30.4 Å². The molecule has 0 saturated carbocycles. The van der Waals surface area contributed by atoms with Gasteiger partial charge >= 0.3 is 0 Å². The number of nitrogens with zero attached hydrogens (tertiary/aromatic N) is 6. The van der Waals surface area contributed by atoms with Crippen molar-refractivity contribution in [1.82, 2.24) is 24.6 Å². The Hall–Kier alpha value is -2.94. The zero-order valence-electron chi connectivity index (χ0n) is 15.3. The molecular weight excluding hydrogens is 362 g/mol. The fourth-order valence-electron chi connectivity index (χ4n) is 3.32. The van der Waals surface area contributed by atoms with Crippen molar-refractivity contribution in [3.05, 3.63) is 36.5 Å². The number of rotatable bonds is 5. The highest BCUT2D eigenvalue weighted by Crippen LogP contribution is 2.32. The van der Waals surface area contributed by atoms with Crippen LogP contribution in [0.5, 0.6) is 0 Å². The molecule has 8 nitrogen and oxygen atoms in total. The van der Waals surface area contributed by atoms with Crippen molar-refractivity contribution >= 4 is 44.9 Å². The van der Waals surface area contributed by atoms with Crippen molar-refractivity contribution < 1.29 is 4.79 Å². The molecule has 3 aromatic rings. The summed E-state index contributed by atoms with van der Waals surface area (Å²) in [5.74, 6) is 1.39. The Morgan fingerprint density at radius 2 is 2.33 bits per heavy atom. The van der Waals surface area contributed by atoms with Crippen molar-refractivity contribution in [3.8, 4) is 0 Å². The lowest BCUT2D eigenvalue weighted by molar-refractivity contribution is -0.125. The fraction of sp³-hybridized carbons (Fsp3) is 0.333. The first-order chi connectivity index (χ1) is 13.0. The molecule has 1 aliphatic rings. The van der Waals surface area contributed by atoms with Gasteiger partial charge in [0.2, 0.25) is 11.9 Å². The molecule has 1 N–H and O–H groups in total. The van der Waals surface area contributed by atoms with Gasteiger partial charge in [-0.3, -0.25) is 9.48 Å². The molecule has 0 bridgehead atoms. The summed E-state index contributed by atoms with van der Waals surface area (Å²) in [6.45, 7) is 4.99. The zero-order chi connectivity index (χ0) is 19.0. The van der Waals surface area contributed by atoms with E-state index in [1.165, 1.54) is 6.08 Å². The molecule has 0 aliphatic carbocycles. The number of likely N-dealkylation sites (tertiary alicyclic amines) is 1. The fourth-order valence-corrected chi connectivity index (χ4v) is 4.18. The standard InChI is InChI=1S/C18H21N7OS/c1-4-15(26)25-7-5-13(11-25)24(3)17-16-14(6-8-27-16)21-18(22-17)20-12-9-19-23(2)10-12/h4,6,8-10,13H,1,5,7,11H2,2-3H3,(H,20,21,22)/t13-/m1/s1. The summed E-state index contributed by atoms with van der Waals surface area (Å²) in [5.41, 5.74) is 1.74. The maximum absolute atomic E-state index is 11.9. The van der Waals surface area contributed by atoms with Crippen LogP contribution in [0, 0.1) is 0 Å². The van der Waals surface area contributed by atoms with E-state index in [1.54, 1.807) is 22.2 Å². The zero-order valence-corrected chi connectivity index (χ0v) is 16.1. The van der Waals surface area contributed by atoms with Crippen molar-refractivity contribution in [1.29, 1.82) is 0 Å². The Kier molecular flexibility index (Phi) is 4.53. The minimum absolute atomic E-state index is 0.0196. The largest absolute Gasteiger partial charge is 0.353 e. The highest BCUT2D eigenvalue weighted by Gasteiger charge is 2.29. The van der Waals surface area contributed by atoms with Crippen LogP contribution >= 0.6 is 11.3 Å². The first kappa shape index (κ1) is 17.5. The Labute approximate surface area is 161 Å². The summed E-state index contributed by atoms with van der Waals surface area (Å²) in [6, 6.07) is 2.20. The van der Waals surface area contributed by atoms with Gasteiger partial charge in [0.25, 0.3) is 0 Å². The average molecular weight is 383 g/mol. The van der Waals surface area contributed by atoms with Gasteiger partial charge in [0.1, 0.15) is 0 Å². The summed E-state index contributed by atoms with van der Waals surface area (Å²) in [6.07, 6.45) is 5.89.